The van der Waals surface area contributed by atoms with Gasteiger partial charge >= 0.3 is 0 Å². The summed E-state index contributed by atoms with van der Waals surface area (Å²) < 4.78 is 1.96. The van der Waals surface area contributed by atoms with Crippen molar-refractivity contribution >= 4 is 11.6 Å². The molecule has 2 aromatic carbocycles. The summed E-state index contributed by atoms with van der Waals surface area (Å²) in [5.41, 5.74) is 4.77. The van der Waals surface area contributed by atoms with Crippen LogP contribution in [-0.2, 0) is 0 Å². The molecule has 150 valence electrons. The highest BCUT2D eigenvalue weighted by atomic mass is 16.1. The third-order valence-corrected chi connectivity index (χ3v) is 5.61. The first-order valence-electron chi connectivity index (χ1n) is 10.4. The Morgan fingerprint density at radius 2 is 1.76 bits per heavy atom. The zero-order valence-electron chi connectivity index (χ0n) is 17.1. The van der Waals surface area contributed by atoms with Crippen molar-refractivity contribution in [2.75, 3.05) is 18.4 Å². The Balaban J connectivity index is 1.70. The van der Waals surface area contributed by atoms with Gasteiger partial charge in [0.15, 0.2) is 0 Å². The van der Waals surface area contributed by atoms with Crippen molar-refractivity contribution in [3.63, 3.8) is 0 Å². The van der Waals surface area contributed by atoms with E-state index in [1.165, 1.54) is 5.56 Å². The fraction of sp³-hybridized carbons (Fsp3) is 0.333. The van der Waals surface area contributed by atoms with Gasteiger partial charge in [0.05, 0.1) is 23.1 Å². The van der Waals surface area contributed by atoms with Crippen LogP contribution >= 0.6 is 0 Å². The summed E-state index contributed by atoms with van der Waals surface area (Å²) in [6, 6.07) is 18.1. The molecular formula is C24H28N4O. The molecule has 5 heteroatoms. The molecule has 3 aromatic rings. The van der Waals surface area contributed by atoms with Crippen molar-refractivity contribution in [3.8, 4) is 5.69 Å². The first kappa shape index (κ1) is 19.4. The van der Waals surface area contributed by atoms with Crippen LogP contribution in [0.15, 0.2) is 60.8 Å². The molecule has 2 N–H and O–H groups in total. The van der Waals surface area contributed by atoms with Gasteiger partial charge in [-0.05, 0) is 61.7 Å². The molecule has 0 spiro atoms. The molecule has 0 radical (unpaired) electrons. The van der Waals surface area contributed by atoms with Gasteiger partial charge in [-0.15, -0.1) is 0 Å². The summed E-state index contributed by atoms with van der Waals surface area (Å²) in [5.74, 6) is 0.688. The summed E-state index contributed by atoms with van der Waals surface area (Å²) in [6.07, 6.45) is 3.72. The normalized spacial score (nSPS) is 14.9. The molecule has 1 fully saturated rings. The van der Waals surface area contributed by atoms with Crippen molar-refractivity contribution in [2.24, 2.45) is 0 Å². The van der Waals surface area contributed by atoms with Crippen molar-refractivity contribution in [3.05, 3.63) is 77.6 Å². The maximum Gasteiger partial charge on any atom is 0.259 e. The molecule has 2 heterocycles. The van der Waals surface area contributed by atoms with Gasteiger partial charge in [0.2, 0.25) is 0 Å². The Morgan fingerprint density at radius 3 is 2.41 bits per heavy atom. The number of para-hydroxylation sites is 1. The van der Waals surface area contributed by atoms with Crippen LogP contribution in [0.1, 0.15) is 60.1 Å². The van der Waals surface area contributed by atoms with Gasteiger partial charge in [-0.2, -0.15) is 5.10 Å². The summed E-state index contributed by atoms with van der Waals surface area (Å²) in [5, 5.41) is 11.1. The molecule has 1 amide bonds. The Kier molecular flexibility index (Phi) is 5.76. The first-order chi connectivity index (χ1) is 14.1. The average Bonchev–Trinajstić information content (AvgIpc) is 3.20. The molecule has 0 unspecified atom stereocenters. The van der Waals surface area contributed by atoms with E-state index in [4.69, 9.17) is 0 Å². The summed E-state index contributed by atoms with van der Waals surface area (Å²) in [6.45, 7) is 6.30. The quantitative estimate of drug-likeness (QED) is 0.665. The van der Waals surface area contributed by atoms with E-state index in [2.05, 4.69) is 53.8 Å². The highest BCUT2D eigenvalue weighted by Gasteiger charge is 2.27. The zero-order chi connectivity index (χ0) is 20.2. The number of nitrogens with one attached hydrogen (secondary N) is 2. The van der Waals surface area contributed by atoms with Crippen molar-refractivity contribution in [1.82, 2.24) is 15.1 Å². The fourth-order valence-electron chi connectivity index (χ4n) is 3.95. The monoisotopic (exact) mass is 388 g/mol. The van der Waals surface area contributed by atoms with Crippen LogP contribution in [0.4, 0.5) is 5.69 Å². The van der Waals surface area contributed by atoms with E-state index in [1.54, 1.807) is 6.20 Å². The van der Waals surface area contributed by atoms with E-state index in [0.717, 1.165) is 43.0 Å². The Bertz CT molecular complexity index is 954. The van der Waals surface area contributed by atoms with Crippen LogP contribution in [0.5, 0.6) is 0 Å². The van der Waals surface area contributed by atoms with E-state index in [-0.39, 0.29) is 5.91 Å². The highest BCUT2D eigenvalue weighted by Crippen LogP contribution is 2.31. The zero-order valence-corrected chi connectivity index (χ0v) is 17.1. The number of amides is 1. The van der Waals surface area contributed by atoms with Crippen LogP contribution in [0, 0.1) is 0 Å². The molecule has 0 bridgehead atoms. The minimum atomic E-state index is -0.102. The van der Waals surface area contributed by atoms with Crippen LogP contribution in [-0.4, -0.2) is 28.8 Å². The molecular weight excluding hydrogens is 360 g/mol. The molecule has 0 saturated carbocycles. The number of hydrogen-bond donors (Lipinski definition) is 2. The molecule has 5 nitrogen and oxygen atoms in total. The number of rotatable bonds is 5. The van der Waals surface area contributed by atoms with Gasteiger partial charge in [0.1, 0.15) is 0 Å². The molecule has 1 aromatic heterocycles. The second-order valence-corrected chi connectivity index (χ2v) is 7.95. The first-order valence-corrected chi connectivity index (χ1v) is 10.4. The van der Waals surface area contributed by atoms with Gasteiger partial charge in [0, 0.05) is 11.6 Å². The van der Waals surface area contributed by atoms with Crippen molar-refractivity contribution in [2.45, 2.75) is 38.5 Å². The van der Waals surface area contributed by atoms with Crippen molar-refractivity contribution in [1.29, 1.82) is 0 Å². The second-order valence-electron chi connectivity index (χ2n) is 7.95. The number of benzene rings is 2. The van der Waals surface area contributed by atoms with Crippen LogP contribution in [0.25, 0.3) is 5.69 Å². The summed E-state index contributed by atoms with van der Waals surface area (Å²) in [7, 11) is 0. The van der Waals surface area contributed by atoms with Crippen LogP contribution in [0.2, 0.25) is 0 Å². The van der Waals surface area contributed by atoms with E-state index < -0.39 is 0 Å². The minimum absolute atomic E-state index is 0.102. The van der Waals surface area contributed by atoms with E-state index in [1.807, 2.05) is 35.0 Å². The van der Waals surface area contributed by atoms with Gasteiger partial charge in [-0.25, -0.2) is 4.68 Å². The Morgan fingerprint density at radius 1 is 1.07 bits per heavy atom. The molecule has 29 heavy (non-hydrogen) atoms. The van der Waals surface area contributed by atoms with E-state index in [0.29, 0.717) is 17.4 Å². The second kappa shape index (κ2) is 8.62. The topological polar surface area (TPSA) is 59.0 Å². The van der Waals surface area contributed by atoms with Crippen LogP contribution in [0.3, 0.4) is 0 Å². The third-order valence-electron chi connectivity index (χ3n) is 5.61. The lowest BCUT2D eigenvalue weighted by molar-refractivity contribution is 0.102. The molecule has 1 saturated heterocycles. The molecule has 1 aliphatic heterocycles. The maximum atomic E-state index is 13.1. The minimum Gasteiger partial charge on any atom is -0.322 e. The fourth-order valence-corrected chi connectivity index (χ4v) is 3.95. The SMILES string of the molecule is CC(C)c1ccc(-n2ncc(C(=O)Nc3ccccc3)c2C2CCNCC2)cc1. The number of carbonyl (C=O) groups excluding carboxylic acids is 1. The van der Waals surface area contributed by atoms with Gasteiger partial charge in [-0.3, -0.25) is 4.79 Å². The molecule has 0 atom stereocenters. The number of carbonyl (C=O) groups is 1. The number of hydrogen-bond acceptors (Lipinski definition) is 3. The van der Waals surface area contributed by atoms with E-state index in [9.17, 15) is 4.79 Å². The number of anilines is 1. The lowest BCUT2D eigenvalue weighted by atomic mass is 9.91. The van der Waals surface area contributed by atoms with Crippen molar-refractivity contribution < 1.29 is 4.79 Å². The van der Waals surface area contributed by atoms with Gasteiger partial charge < -0.3 is 10.6 Å². The standard InChI is InChI=1S/C24H28N4O/c1-17(2)18-8-10-21(11-9-18)28-23(19-12-14-25-15-13-19)22(16-26-28)24(29)27-20-6-4-3-5-7-20/h3-11,16-17,19,25H,12-15H2,1-2H3,(H,27,29). The predicted octanol–water partition coefficient (Wildman–Crippen LogP) is 4.72. The Labute approximate surface area is 172 Å². The van der Waals surface area contributed by atoms with Crippen LogP contribution < -0.4 is 10.6 Å². The lowest BCUT2D eigenvalue weighted by Gasteiger charge is -2.25. The number of nitrogens with zero attached hydrogens (tertiary/aromatic N) is 2. The molecule has 4 rings (SSSR count). The maximum absolute atomic E-state index is 13.1. The highest BCUT2D eigenvalue weighted by molar-refractivity contribution is 6.05. The number of piperidine rings is 1. The summed E-state index contributed by atoms with van der Waals surface area (Å²) in [4.78, 5) is 13.1. The smallest absolute Gasteiger partial charge is 0.259 e. The average molecular weight is 389 g/mol. The number of aromatic nitrogens is 2. The summed E-state index contributed by atoms with van der Waals surface area (Å²) >= 11 is 0. The molecule has 1 aliphatic rings. The van der Waals surface area contributed by atoms with E-state index >= 15 is 0 Å². The molecule has 0 aliphatic carbocycles. The lowest BCUT2D eigenvalue weighted by Crippen LogP contribution is -2.29. The predicted molar refractivity (Wildman–Crippen MR) is 117 cm³/mol. The largest absolute Gasteiger partial charge is 0.322 e. The van der Waals surface area contributed by atoms with Gasteiger partial charge in [-0.1, -0.05) is 44.2 Å². The third kappa shape index (κ3) is 4.25. The Hall–Kier alpha value is -2.92. The van der Waals surface area contributed by atoms with Gasteiger partial charge in [0.25, 0.3) is 5.91 Å².